The first kappa shape index (κ1) is 16.3. The lowest BCUT2D eigenvalue weighted by Crippen LogP contribution is -2.39. The van der Waals surface area contributed by atoms with Crippen LogP contribution in [0.2, 0.25) is 0 Å². The maximum absolute atomic E-state index is 11.6. The van der Waals surface area contributed by atoms with Crippen LogP contribution in [0.25, 0.3) is 0 Å². The number of rotatable bonds is 7. The highest BCUT2D eigenvalue weighted by Crippen LogP contribution is 2.30. The number of methoxy groups -OCH3 is 1. The number of nitrogens with two attached hydrogens (primary N) is 1. The molecular formula is C15H24N2O3. The first-order chi connectivity index (χ1) is 9.49. The summed E-state index contributed by atoms with van der Waals surface area (Å²) >= 11 is 0. The van der Waals surface area contributed by atoms with Gasteiger partial charge in [0.25, 0.3) is 0 Å². The smallest absolute Gasteiger partial charge is 0.237 e. The van der Waals surface area contributed by atoms with Gasteiger partial charge in [-0.3, -0.25) is 4.79 Å². The van der Waals surface area contributed by atoms with Gasteiger partial charge in [0.15, 0.2) is 11.5 Å². The number of nitrogens with one attached hydrogen (secondary N) is 1. The van der Waals surface area contributed by atoms with Gasteiger partial charge in [-0.25, -0.2) is 0 Å². The van der Waals surface area contributed by atoms with Crippen molar-refractivity contribution in [3.8, 4) is 11.5 Å². The molecule has 0 aliphatic rings. The van der Waals surface area contributed by atoms with Crippen LogP contribution in [0.3, 0.4) is 0 Å². The van der Waals surface area contributed by atoms with Crippen molar-refractivity contribution in [2.45, 2.75) is 39.3 Å². The summed E-state index contributed by atoms with van der Waals surface area (Å²) in [6, 6.07) is 4.99. The molecule has 0 fully saturated rings. The van der Waals surface area contributed by atoms with Gasteiger partial charge >= 0.3 is 0 Å². The van der Waals surface area contributed by atoms with Crippen LogP contribution >= 0.6 is 0 Å². The monoisotopic (exact) mass is 280 g/mol. The number of hydrogen-bond acceptors (Lipinski definition) is 4. The van der Waals surface area contributed by atoms with E-state index >= 15 is 0 Å². The predicted octanol–water partition coefficient (Wildman–Crippen LogP) is 2.01. The number of carbonyl (C=O) groups excluding carboxylic acids is 1. The number of hydrogen-bond donors (Lipinski definition) is 2. The Morgan fingerprint density at radius 2 is 2.05 bits per heavy atom. The van der Waals surface area contributed by atoms with E-state index in [1.165, 1.54) is 0 Å². The second-order valence-corrected chi connectivity index (χ2v) is 4.78. The van der Waals surface area contributed by atoms with Crippen molar-refractivity contribution in [3.63, 3.8) is 0 Å². The van der Waals surface area contributed by atoms with Crippen molar-refractivity contribution < 1.29 is 14.3 Å². The Morgan fingerprint density at radius 1 is 1.35 bits per heavy atom. The fourth-order valence-corrected chi connectivity index (χ4v) is 1.71. The van der Waals surface area contributed by atoms with Gasteiger partial charge in [-0.2, -0.15) is 0 Å². The lowest BCUT2D eigenvalue weighted by Gasteiger charge is -2.18. The molecule has 2 atom stereocenters. The van der Waals surface area contributed by atoms with Crippen molar-refractivity contribution in [3.05, 3.63) is 23.8 Å². The summed E-state index contributed by atoms with van der Waals surface area (Å²) in [5, 5.41) is 2.85. The Kier molecular flexibility index (Phi) is 6.31. The standard InChI is InChI=1S/C15H24N2O3/c1-5-8-20-13-7-6-12(9-14(13)19-4)11(3)17-15(18)10(2)16/h6-7,9-11H,5,8,16H2,1-4H3,(H,17,18)/t10-,11?/m1/s1. The summed E-state index contributed by atoms with van der Waals surface area (Å²) in [5.74, 6) is 1.20. The third-order valence-electron chi connectivity index (χ3n) is 2.92. The Hall–Kier alpha value is -1.75. The molecule has 0 bridgehead atoms. The molecule has 0 saturated carbocycles. The lowest BCUT2D eigenvalue weighted by atomic mass is 10.1. The molecule has 0 radical (unpaired) electrons. The van der Waals surface area contributed by atoms with Crippen molar-refractivity contribution in [2.24, 2.45) is 5.73 Å². The van der Waals surface area contributed by atoms with E-state index in [1.807, 2.05) is 32.0 Å². The topological polar surface area (TPSA) is 73.6 Å². The zero-order valence-corrected chi connectivity index (χ0v) is 12.6. The van der Waals surface area contributed by atoms with Crippen LogP contribution in [-0.4, -0.2) is 25.7 Å². The molecule has 1 unspecified atom stereocenters. The van der Waals surface area contributed by atoms with Gasteiger partial charge in [0.05, 0.1) is 25.8 Å². The van der Waals surface area contributed by atoms with E-state index in [2.05, 4.69) is 5.32 Å². The van der Waals surface area contributed by atoms with Gasteiger partial charge in [-0.1, -0.05) is 13.0 Å². The molecule has 0 aromatic heterocycles. The van der Waals surface area contributed by atoms with Crippen LogP contribution in [-0.2, 0) is 4.79 Å². The minimum atomic E-state index is -0.522. The average Bonchev–Trinajstić information content (AvgIpc) is 2.44. The highest BCUT2D eigenvalue weighted by atomic mass is 16.5. The minimum absolute atomic E-state index is 0.136. The molecule has 20 heavy (non-hydrogen) atoms. The molecule has 112 valence electrons. The molecule has 0 aliphatic heterocycles. The summed E-state index contributed by atoms with van der Waals surface area (Å²) in [7, 11) is 1.60. The predicted molar refractivity (Wildman–Crippen MR) is 79.0 cm³/mol. The Balaban J connectivity index is 2.83. The van der Waals surface area contributed by atoms with Gasteiger partial charge in [0, 0.05) is 0 Å². The molecular weight excluding hydrogens is 256 g/mol. The number of ether oxygens (including phenoxy) is 2. The molecule has 0 spiro atoms. The largest absolute Gasteiger partial charge is 0.493 e. The number of carbonyl (C=O) groups is 1. The summed E-state index contributed by atoms with van der Waals surface area (Å²) < 4.78 is 10.9. The van der Waals surface area contributed by atoms with E-state index < -0.39 is 6.04 Å². The fourth-order valence-electron chi connectivity index (χ4n) is 1.71. The van der Waals surface area contributed by atoms with Crippen LogP contribution in [0, 0.1) is 0 Å². The zero-order valence-electron chi connectivity index (χ0n) is 12.6. The maximum Gasteiger partial charge on any atom is 0.237 e. The minimum Gasteiger partial charge on any atom is -0.493 e. The lowest BCUT2D eigenvalue weighted by molar-refractivity contribution is -0.122. The molecule has 3 N–H and O–H groups in total. The third-order valence-corrected chi connectivity index (χ3v) is 2.92. The highest BCUT2D eigenvalue weighted by Gasteiger charge is 2.14. The summed E-state index contributed by atoms with van der Waals surface area (Å²) in [6.07, 6.45) is 0.936. The zero-order chi connectivity index (χ0) is 15.1. The van der Waals surface area contributed by atoms with Gasteiger partial charge in [0.1, 0.15) is 0 Å². The second-order valence-electron chi connectivity index (χ2n) is 4.78. The van der Waals surface area contributed by atoms with E-state index in [1.54, 1.807) is 14.0 Å². The van der Waals surface area contributed by atoms with Crippen molar-refractivity contribution in [1.29, 1.82) is 0 Å². The van der Waals surface area contributed by atoms with E-state index in [0.29, 0.717) is 18.1 Å². The van der Waals surface area contributed by atoms with Crippen LogP contribution in [0.15, 0.2) is 18.2 Å². The molecule has 1 aromatic rings. The van der Waals surface area contributed by atoms with Crippen LogP contribution in [0.1, 0.15) is 38.8 Å². The molecule has 1 amide bonds. The van der Waals surface area contributed by atoms with E-state index in [0.717, 1.165) is 12.0 Å². The van der Waals surface area contributed by atoms with Crippen LogP contribution in [0.4, 0.5) is 0 Å². The Bertz CT molecular complexity index is 447. The SMILES string of the molecule is CCCOc1ccc(C(C)NC(=O)[C@@H](C)N)cc1OC. The van der Waals surface area contributed by atoms with Gasteiger partial charge in [0.2, 0.25) is 5.91 Å². The van der Waals surface area contributed by atoms with Gasteiger partial charge < -0.3 is 20.5 Å². The summed E-state index contributed by atoms with van der Waals surface area (Å²) in [6.45, 7) is 6.26. The molecule has 0 heterocycles. The molecule has 1 aromatic carbocycles. The van der Waals surface area contributed by atoms with Gasteiger partial charge in [-0.15, -0.1) is 0 Å². The maximum atomic E-state index is 11.6. The summed E-state index contributed by atoms with van der Waals surface area (Å²) in [4.78, 5) is 11.6. The number of benzene rings is 1. The highest BCUT2D eigenvalue weighted by molar-refractivity contribution is 5.81. The average molecular weight is 280 g/mol. The summed E-state index contributed by atoms with van der Waals surface area (Å²) in [5.41, 5.74) is 6.48. The molecule has 0 saturated heterocycles. The normalized spacial score (nSPS) is 13.4. The van der Waals surface area contributed by atoms with E-state index in [-0.39, 0.29) is 11.9 Å². The van der Waals surface area contributed by atoms with E-state index in [4.69, 9.17) is 15.2 Å². The van der Waals surface area contributed by atoms with Crippen LogP contribution in [0.5, 0.6) is 11.5 Å². The van der Waals surface area contributed by atoms with Crippen LogP contribution < -0.4 is 20.5 Å². The van der Waals surface area contributed by atoms with Crippen molar-refractivity contribution in [1.82, 2.24) is 5.32 Å². The quantitative estimate of drug-likeness (QED) is 0.801. The molecule has 0 aliphatic carbocycles. The van der Waals surface area contributed by atoms with Gasteiger partial charge in [-0.05, 0) is 38.0 Å². The Morgan fingerprint density at radius 3 is 2.60 bits per heavy atom. The first-order valence-corrected chi connectivity index (χ1v) is 6.86. The second kappa shape index (κ2) is 7.75. The molecule has 5 nitrogen and oxygen atoms in total. The fraction of sp³-hybridized carbons (Fsp3) is 0.533. The first-order valence-electron chi connectivity index (χ1n) is 6.86. The third kappa shape index (κ3) is 4.42. The van der Waals surface area contributed by atoms with Crippen molar-refractivity contribution in [2.75, 3.05) is 13.7 Å². The molecule has 1 rings (SSSR count). The molecule has 5 heteroatoms. The number of amides is 1. The van der Waals surface area contributed by atoms with Crippen molar-refractivity contribution >= 4 is 5.91 Å². The Labute approximate surface area is 120 Å². The van der Waals surface area contributed by atoms with E-state index in [9.17, 15) is 4.79 Å².